The Labute approximate surface area is 121 Å². The lowest BCUT2D eigenvalue weighted by Crippen LogP contribution is -2.32. The van der Waals surface area contributed by atoms with Gasteiger partial charge in [-0.05, 0) is 30.7 Å². The van der Waals surface area contributed by atoms with Crippen LogP contribution in [0, 0.1) is 24.2 Å². The smallest absolute Gasteiger partial charge is 0.241 e. The van der Waals surface area contributed by atoms with E-state index in [4.69, 9.17) is 28.4 Å². The van der Waals surface area contributed by atoms with E-state index in [1.165, 1.54) is 12.1 Å². The van der Waals surface area contributed by atoms with Crippen molar-refractivity contribution in [2.75, 3.05) is 5.32 Å². The number of sulfonamides is 1. The monoisotopic (exact) mass is 312 g/mol. The van der Waals surface area contributed by atoms with Gasteiger partial charge in [0.2, 0.25) is 15.9 Å². The van der Waals surface area contributed by atoms with Gasteiger partial charge < -0.3 is 11.1 Å². The van der Waals surface area contributed by atoms with Crippen molar-refractivity contribution in [3.05, 3.63) is 23.8 Å². The largest absolute Gasteiger partial charge is 0.368 e. The second kappa shape index (κ2) is 5.96. The van der Waals surface area contributed by atoms with Crippen LogP contribution in [0.2, 0.25) is 0 Å². The van der Waals surface area contributed by atoms with Gasteiger partial charge in [-0.2, -0.15) is 5.26 Å². The average molecular weight is 312 g/mol. The molecule has 0 heterocycles. The van der Waals surface area contributed by atoms with Gasteiger partial charge in [-0.25, -0.2) is 13.6 Å². The molecular weight excluding hydrogens is 300 g/mol. The molecule has 1 atom stereocenters. The molecule has 0 aliphatic heterocycles. The van der Waals surface area contributed by atoms with Crippen LogP contribution in [0.5, 0.6) is 0 Å². The molecule has 0 aromatic heterocycles. The number of nitrogens with one attached hydrogen (secondary N) is 1. The molecule has 20 heavy (non-hydrogen) atoms. The lowest BCUT2D eigenvalue weighted by molar-refractivity contribution is -0.118. The number of hydrogen-bond acceptors (Lipinski definition) is 5. The number of rotatable bonds is 4. The number of aryl methyl sites for hydroxylation is 1. The van der Waals surface area contributed by atoms with Crippen LogP contribution < -0.4 is 16.2 Å². The number of anilines is 1. The first kappa shape index (κ1) is 16.0. The van der Waals surface area contributed by atoms with E-state index in [9.17, 15) is 13.2 Å². The molecule has 0 aliphatic rings. The molecular formula is C11H12N4O3S2. The highest BCUT2D eigenvalue weighted by molar-refractivity contribution is 7.89. The SMILES string of the molecule is Cc1cc(NC(=S)C(C#N)C(N)=O)cc(S(N)(=O)=O)c1. The molecule has 1 unspecified atom stereocenters. The second-order valence-electron chi connectivity index (χ2n) is 4.03. The van der Waals surface area contributed by atoms with Crippen molar-refractivity contribution >= 4 is 38.8 Å². The van der Waals surface area contributed by atoms with Crippen molar-refractivity contribution in [1.82, 2.24) is 0 Å². The Morgan fingerprint density at radius 3 is 2.50 bits per heavy atom. The number of thiocarbonyl (C=S) groups is 1. The van der Waals surface area contributed by atoms with Gasteiger partial charge in [0.15, 0.2) is 5.92 Å². The number of nitrogens with zero attached hydrogens (tertiary/aromatic N) is 1. The summed E-state index contributed by atoms with van der Waals surface area (Å²) in [5.41, 5.74) is 5.95. The van der Waals surface area contributed by atoms with Gasteiger partial charge in [-0.3, -0.25) is 4.79 Å². The van der Waals surface area contributed by atoms with E-state index in [-0.39, 0.29) is 9.88 Å². The maximum atomic E-state index is 11.3. The number of nitriles is 1. The molecule has 0 fully saturated rings. The topological polar surface area (TPSA) is 139 Å². The van der Waals surface area contributed by atoms with Crippen molar-refractivity contribution in [2.24, 2.45) is 16.8 Å². The van der Waals surface area contributed by atoms with E-state index in [0.29, 0.717) is 11.3 Å². The first-order valence-electron chi connectivity index (χ1n) is 5.29. The van der Waals surface area contributed by atoms with Crippen LogP contribution >= 0.6 is 12.2 Å². The Morgan fingerprint density at radius 2 is 2.05 bits per heavy atom. The predicted octanol–water partition coefficient (Wildman–Crippen LogP) is 0.00680. The minimum Gasteiger partial charge on any atom is -0.368 e. The molecule has 106 valence electrons. The molecule has 0 aliphatic carbocycles. The number of nitrogens with two attached hydrogens (primary N) is 2. The van der Waals surface area contributed by atoms with Gasteiger partial charge in [0.1, 0.15) is 4.99 Å². The van der Waals surface area contributed by atoms with Crippen LogP contribution in [0.4, 0.5) is 5.69 Å². The molecule has 1 aromatic rings. The zero-order valence-corrected chi connectivity index (χ0v) is 12.1. The third kappa shape index (κ3) is 3.99. The summed E-state index contributed by atoms with van der Waals surface area (Å²) in [6, 6.07) is 5.90. The summed E-state index contributed by atoms with van der Waals surface area (Å²) in [4.78, 5) is 10.8. The van der Waals surface area contributed by atoms with Crippen molar-refractivity contribution in [1.29, 1.82) is 5.26 Å². The summed E-state index contributed by atoms with van der Waals surface area (Å²) < 4.78 is 22.6. The lowest BCUT2D eigenvalue weighted by Gasteiger charge is -2.12. The third-order valence-electron chi connectivity index (χ3n) is 2.32. The van der Waals surface area contributed by atoms with Gasteiger partial charge in [-0.1, -0.05) is 12.2 Å². The van der Waals surface area contributed by atoms with Crippen molar-refractivity contribution < 1.29 is 13.2 Å². The minimum atomic E-state index is -3.87. The molecule has 1 rings (SSSR count). The molecule has 0 saturated carbocycles. The Balaban J connectivity index is 3.11. The highest BCUT2D eigenvalue weighted by atomic mass is 32.2. The highest BCUT2D eigenvalue weighted by Crippen LogP contribution is 2.18. The first-order chi connectivity index (χ1) is 9.15. The van der Waals surface area contributed by atoms with Gasteiger partial charge in [-0.15, -0.1) is 0 Å². The molecule has 5 N–H and O–H groups in total. The van der Waals surface area contributed by atoms with E-state index in [0.717, 1.165) is 0 Å². The molecule has 0 saturated heterocycles. The molecule has 0 spiro atoms. The molecule has 7 nitrogen and oxygen atoms in total. The number of primary sulfonamides is 1. The number of primary amides is 1. The Morgan fingerprint density at radius 1 is 1.45 bits per heavy atom. The van der Waals surface area contributed by atoms with Gasteiger partial charge in [0, 0.05) is 5.69 Å². The van der Waals surface area contributed by atoms with Gasteiger partial charge >= 0.3 is 0 Å². The van der Waals surface area contributed by atoms with E-state index < -0.39 is 21.8 Å². The van der Waals surface area contributed by atoms with Crippen LogP contribution in [0.25, 0.3) is 0 Å². The Bertz CT molecular complexity index is 707. The first-order valence-corrected chi connectivity index (χ1v) is 7.25. The normalized spacial score (nSPS) is 12.2. The minimum absolute atomic E-state index is 0.101. The summed E-state index contributed by atoms with van der Waals surface area (Å²) in [6.07, 6.45) is 0. The number of benzene rings is 1. The summed E-state index contributed by atoms with van der Waals surface area (Å²) in [5, 5.41) is 16.4. The van der Waals surface area contributed by atoms with Gasteiger partial charge in [0.05, 0.1) is 11.0 Å². The number of hydrogen-bond donors (Lipinski definition) is 3. The van der Waals surface area contributed by atoms with E-state index in [1.807, 2.05) is 0 Å². The van der Waals surface area contributed by atoms with E-state index in [1.54, 1.807) is 19.1 Å². The summed E-state index contributed by atoms with van der Waals surface area (Å²) in [7, 11) is -3.87. The Hall–Kier alpha value is -2.02. The molecule has 1 aromatic carbocycles. The van der Waals surface area contributed by atoms with Crippen molar-refractivity contribution in [2.45, 2.75) is 11.8 Å². The zero-order chi connectivity index (χ0) is 15.5. The molecule has 1 amide bonds. The molecule has 0 bridgehead atoms. The maximum absolute atomic E-state index is 11.3. The molecule has 0 radical (unpaired) electrons. The standard InChI is InChI=1S/C11H12N4O3S2/c1-6-2-7(4-8(3-6)20(14,17)18)15-11(19)9(5-12)10(13)16/h2-4,9H,1H3,(H2,13,16)(H,15,19)(H2,14,17,18). The van der Waals surface area contributed by atoms with Crippen LogP contribution in [0.3, 0.4) is 0 Å². The number of amides is 1. The van der Waals surface area contributed by atoms with Crippen molar-refractivity contribution in [3.63, 3.8) is 0 Å². The van der Waals surface area contributed by atoms with E-state index >= 15 is 0 Å². The average Bonchev–Trinajstić information content (AvgIpc) is 2.26. The zero-order valence-electron chi connectivity index (χ0n) is 10.5. The fraction of sp³-hybridized carbons (Fsp3) is 0.182. The summed E-state index contributed by atoms with van der Waals surface area (Å²) in [5.74, 6) is -2.17. The highest BCUT2D eigenvalue weighted by Gasteiger charge is 2.20. The molecule has 9 heteroatoms. The number of carbonyl (C=O) groups excluding carboxylic acids is 1. The quantitative estimate of drug-likeness (QED) is 0.669. The van der Waals surface area contributed by atoms with Crippen LogP contribution in [0.15, 0.2) is 23.1 Å². The lowest BCUT2D eigenvalue weighted by atomic mass is 10.1. The fourth-order valence-corrected chi connectivity index (χ4v) is 2.38. The van der Waals surface area contributed by atoms with Crippen LogP contribution in [-0.2, 0) is 14.8 Å². The third-order valence-corrected chi connectivity index (χ3v) is 3.55. The fourth-order valence-electron chi connectivity index (χ4n) is 1.45. The predicted molar refractivity (Wildman–Crippen MR) is 77.1 cm³/mol. The maximum Gasteiger partial charge on any atom is 0.241 e. The van der Waals surface area contributed by atoms with Gasteiger partial charge in [0.25, 0.3) is 0 Å². The second-order valence-corrected chi connectivity index (χ2v) is 6.03. The summed E-state index contributed by atoms with van der Waals surface area (Å²) >= 11 is 4.90. The van der Waals surface area contributed by atoms with Crippen molar-refractivity contribution in [3.8, 4) is 6.07 Å². The number of carbonyl (C=O) groups is 1. The van der Waals surface area contributed by atoms with Crippen LogP contribution in [-0.4, -0.2) is 19.3 Å². The Kier molecular flexibility index (Phi) is 4.78. The summed E-state index contributed by atoms with van der Waals surface area (Å²) in [6.45, 7) is 1.67. The van der Waals surface area contributed by atoms with Crippen LogP contribution in [0.1, 0.15) is 5.56 Å². The van der Waals surface area contributed by atoms with E-state index in [2.05, 4.69) is 5.32 Å².